The number of unbranched alkanes of at least 4 members (excludes halogenated alkanes) is 1. The van der Waals surface area contributed by atoms with Crippen LogP contribution in [0.4, 0.5) is 0 Å². The normalized spacial score (nSPS) is 20.5. The number of carboxylic acids is 1. The number of H-pyrrole nitrogens is 1. The van der Waals surface area contributed by atoms with E-state index in [-0.39, 0.29) is 69.6 Å². The van der Waals surface area contributed by atoms with Gasteiger partial charge in [-0.1, -0.05) is 60.2 Å². The first-order valence-corrected chi connectivity index (χ1v) is 28.0. The molecule has 1 aliphatic heterocycles. The van der Waals surface area contributed by atoms with E-state index in [9.17, 15) is 43.5 Å². The van der Waals surface area contributed by atoms with E-state index in [1.165, 1.54) is 46.5 Å². The minimum Gasteiger partial charge on any atom is -0.480 e. The van der Waals surface area contributed by atoms with Crippen molar-refractivity contribution in [3.63, 3.8) is 0 Å². The third kappa shape index (κ3) is 18.6. The molecule has 28 heteroatoms. The van der Waals surface area contributed by atoms with Crippen molar-refractivity contribution in [2.75, 3.05) is 25.1 Å². The number of hydrogen-bond acceptors (Lipinski definition) is 16. The summed E-state index contributed by atoms with van der Waals surface area (Å²) in [5.41, 5.74) is 25.0. The van der Waals surface area contributed by atoms with Gasteiger partial charge in [0.15, 0.2) is 5.96 Å². The average Bonchev–Trinajstić information content (AvgIpc) is 4.23. The maximum absolute atomic E-state index is 14.9. The summed E-state index contributed by atoms with van der Waals surface area (Å²) < 4.78 is 2.10. The zero-order valence-corrected chi connectivity index (χ0v) is 45.2. The molecule has 1 aliphatic rings. The lowest BCUT2D eigenvalue weighted by molar-refractivity contribution is -0.142. The number of guanidine groups is 1. The summed E-state index contributed by atoms with van der Waals surface area (Å²) >= 11 is 2.78. The van der Waals surface area contributed by atoms with E-state index >= 15 is 0 Å². The summed E-state index contributed by atoms with van der Waals surface area (Å²) in [6, 6.07) is 5.09. The number of aliphatic imine (C=N–C) groups is 1. The van der Waals surface area contributed by atoms with E-state index in [0.29, 0.717) is 42.0 Å². The van der Waals surface area contributed by atoms with Crippen molar-refractivity contribution in [1.29, 1.82) is 0 Å². The highest BCUT2D eigenvalue weighted by Gasteiger charge is 2.36. The number of fused-ring (bicyclic) bond motifs is 3. The van der Waals surface area contributed by atoms with Gasteiger partial charge in [0, 0.05) is 55.0 Å². The molecule has 8 atom stereocenters. The average molecular weight is 1130 g/mol. The van der Waals surface area contributed by atoms with Gasteiger partial charge in [0.1, 0.15) is 42.3 Å². The van der Waals surface area contributed by atoms with Crippen molar-refractivity contribution >= 4 is 86.5 Å². The Labute approximate surface area is 463 Å². The van der Waals surface area contributed by atoms with Crippen molar-refractivity contribution in [2.24, 2.45) is 27.9 Å². The van der Waals surface area contributed by atoms with Gasteiger partial charge in [-0.15, -0.1) is 16.4 Å². The minimum atomic E-state index is -1.54. The SMILES string of the molecule is CSCC[C@H](NC(=O)[C@@H]1Cc2cn(nn2)C[C@H](NC(=O)[C@@H](N)CCCCN)C(=O)N[C@@H](Cc2cnc[nH]2)C(=O)N[C@H](Cc2ccccc2)C(=O)N[C@@H](CCCN=C(N)N)C(=O)N[C@@H](Cc2csc3ccccc23)C(=O)N1)C(=O)O. The number of carbonyl (C=O) groups excluding carboxylic acids is 7. The van der Waals surface area contributed by atoms with Crippen LogP contribution in [0.25, 0.3) is 10.1 Å². The number of nitrogens with zero attached hydrogens (tertiary/aromatic N) is 5. The summed E-state index contributed by atoms with van der Waals surface area (Å²) in [7, 11) is 0. The summed E-state index contributed by atoms with van der Waals surface area (Å²) in [5, 5.41) is 40.3. The Balaban J connectivity index is 1.46. The predicted molar refractivity (Wildman–Crippen MR) is 297 cm³/mol. The Morgan fingerprint density at radius 3 is 2.22 bits per heavy atom. The van der Waals surface area contributed by atoms with Crippen molar-refractivity contribution in [1.82, 2.24) is 62.2 Å². The number of carbonyl (C=O) groups is 8. The van der Waals surface area contributed by atoms with Crippen LogP contribution in [0, 0.1) is 0 Å². The zero-order valence-electron chi connectivity index (χ0n) is 43.6. The van der Waals surface area contributed by atoms with Gasteiger partial charge in [0.2, 0.25) is 41.4 Å². The van der Waals surface area contributed by atoms with Gasteiger partial charge in [0.25, 0.3) is 0 Å². The first-order valence-electron chi connectivity index (χ1n) is 25.7. The lowest BCUT2D eigenvalue weighted by atomic mass is 10.0. The molecule has 4 heterocycles. The van der Waals surface area contributed by atoms with Gasteiger partial charge in [-0.3, -0.25) is 38.6 Å². The van der Waals surface area contributed by atoms with Gasteiger partial charge in [-0.2, -0.15) is 11.8 Å². The fourth-order valence-corrected chi connectivity index (χ4v) is 10.1. The maximum atomic E-state index is 14.9. The number of nitrogens with one attached hydrogen (secondary N) is 8. The first-order chi connectivity index (χ1) is 38.0. The van der Waals surface area contributed by atoms with E-state index < -0.39 is 102 Å². The Bertz CT molecular complexity index is 2880. The zero-order chi connectivity index (χ0) is 56.8. The smallest absolute Gasteiger partial charge is 0.326 e. The molecule has 2 aromatic carbocycles. The second-order valence-electron chi connectivity index (χ2n) is 19.0. The number of amides is 7. The molecule has 0 aliphatic carbocycles. The number of thioether (sulfide) groups is 1. The molecule has 424 valence electrons. The van der Waals surface area contributed by atoms with E-state index in [0.717, 1.165) is 10.1 Å². The van der Waals surface area contributed by atoms with Gasteiger partial charge >= 0.3 is 5.97 Å². The largest absolute Gasteiger partial charge is 0.480 e. The van der Waals surface area contributed by atoms with Gasteiger partial charge in [0.05, 0.1) is 24.6 Å². The second kappa shape index (κ2) is 30.3. The Kier molecular flexibility index (Phi) is 23.1. The predicted octanol–water partition coefficient (Wildman–Crippen LogP) is -1.76. The number of aromatic amines is 1. The summed E-state index contributed by atoms with van der Waals surface area (Å²) in [6.07, 6.45) is 6.67. The molecule has 0 fully saturated rings. The quantitative estimate of drug-likeness (QED) is 0.0207. The lowest BCUT2D eigenvalue weighted by Gasteiger charge is -2.28. The number of rotatable bonds is 22. The second-order valence-corrected chi connectivity index (χ2v) is 20.9. The Hall–Kier alpha value is -7.95. The van der Waals surface area contributed by atoms with Crippen LogP contribution in [0.5, 0.6) is 0 Å². The van der Waals surface area contributed by atoms with Crippen LogP contribution in [-0.4, -0.2) is 157 Å². The van der Waals surface area contributed by atoms with Gasteiger partial charge in [-0.25, -0.2) is 14.5 Å². The number of benzene rings is 2. The molecule has 2 bridgehead atoms. The molecule has 0 saturated carbocycles. The van der Waals surface area contributed by atoms with E-state index in [1.807, 2.05) is 29.6 Å². The third-order valence-corrected chi connectivity index (χ3v) is 14.5. The molecule has 6 rings (SSSR count). The maximum Gasteiger partial charge on any atom is 0.326 e. The fraction of sp³-hybridized carbons (Fsp3) is 0.451. The fourth-order valence-electron chi connectivity index (χ4n) is 8.64. The molecular formula is C51H69N17O9S2. The Morgan fingerprint density at radius 1 is 0.848 bits per heavy atom. The van der Waals surface area contributed by atoms with Crippen molar-refractivity contribution < 1.29 is 43.5 Å². The first kappa shape index (κ1) is 60.3. The molecular weight excluding hydrogens is 1060 g/mol. The third-order valence-electron chi connectivity index (χ3n) is 12.9. The molecule has 0 radical (unpaired) electrons. The van der Waals surface area contributed by atoms with Gasteiger partial charge < -0.3 is 70.2 Å². The minimum absolute atomic E-state index is 0.0429. The van der Waals surface area contributed by atoms with Crippen LogP contribution in [0.15, 0.2) is 83.7 Å². The molecule has 7 amide bonds. The van der Waals surface area contributed by atoms with Crippen molar-refractivity contribution in [3.8, 4) is 0 Å². The number of aliphatic carboxylic acids is 1. The molecule has 3 aromatic heterocycles. The summed E-state index contributed by atoms with van der Waals surface area (Å²) in [4.78, 5) is 125. The molecule has 26 nitrogen and oxygen atoms in total. The monoisotopic (exact) mass is 1130 g/mol. The van der Waals surface area contributed by atoms with Crippen LogP contribution >= 0.6 is 23.1 Å². The highest BCUT2D eigenvalue weighted by Crippen LogP contribution is 2.27. The van der Waals surface area contributed by atoms with Crippen LogP contribution < -0.4 is 60.2 Å². The number of hydrogen-bond donors (Lipinski definition) is 13. The van der Waals surface area contributed by atoms with Crippen LogP contribution in [-0.2, 0) is 70.6 Å². The summed E-state index contributed by atoms with van der Waals surface area (Å²) in [5.74, 6) is -6.94. The number of nitrogens with two attached hydrogens (primary N) is 4. The summed E-state index contributed by atoms with van der Waals surface area (Å²) in [6.45, 7) is 0.0164. The van der Waals surface area contributed by atoms with Crippen LogP contribution in [0.3, 0.4) is 0 Å². The standard InChI is InChI=1S/C51H69N17O9S2/c1-78-19-16-36(50(76)77)60-47(73)40-23-32-25-68(67-66-32)26-41(65-43(69)34(53)13-7-8-17-52)49(75)64-39(22-31-24-56-28-58-31)48(74)61-37(20-29-10-3-2-4-11-29)45(71)59-35(14-9-18-57-51(54)55)44(70)62-38(46(72)63-40)21-30-27-79-42-15-6-5-12-33(30)42/h2-6,10-12,15,24-25,27-28,34-41H,7-9,13-14,16-23,26,52-53H2,1H3,(H,56,58)(H,59,71)(H,60,73)(H,61,74)(H,62,70)(H,63,72)(H,64,75)(H,65,69)(H,76,77)(H4,54,55,57)/t34-,35-,36-,37+,38-,39-,40-,41-/m0/s1. The van der Waals surface area contributed by atoms with Crippen molar-refractivity contribution in [2.45, 2.75) is 119 Å². The molecule has 17 N–H and O–H groups in total. The van der Waals surface area contributed by atoms with Crippen LogP contribution in [0.1, 0.15) is 61.0 Å². The molecule has 0 spiro atoms. The number of imidazole rings is 1. The molecule has 5 aromatic rings. The van der Waals surface area contributed by atoms with Crippen LogP contribution in [0.2, 0.25) is 0 Å². The van der Waals surface area contributed by atoms with Gasteiger partial charge in [-0.05, 0) is 78.6 Å². The van der Waals surface area contributed by atoms with E-state index in [1.54, 1.807) is 36.6 Å². The van der Waals surface area contributed by atoms with E-state index in [2.05, 4.69) is 62.5 Å². The topological polar surface area (TPSA) is 417 Å². The molecule has 0 unspecified atom stereocenters. The Morgan fingerprint density at radius 2 is 1.52 bits per heavy atom. The van der Waals surface area contributed by atoms with E-state index in [4.69, 9.17) is 22.9 Å². The molecule has 79 heavy (non-hydrogen) atoms. The molecule has 0 saturated heterocycles. The number of carboxylic acid groups (broad SMARTS) is 1. The van der Waals surface area contributed by atoms with Crippen molar-refractivity contribution in [3.05, 3.63) is 101 Å². The highest BCUT2D eigenvalue weighted by molar-refractivity contribution is 7.98. The number of aromatic nitrogens is 5. The highest BCUT2D eigenvalue weighted by atomic mass is 32.2. The number of thiophene rings is 1. The lowest BCUT2D eigenvalue weighted by Crippen LogP contribution is -2.61.